The Labute approximate surface area is 112 Å². The van der Waals surface area contributed by atoms with Gasteiger partial charge in [0.25, 0.3) is 5.56 Å². The summed E-state index contributed by atoms with van der Waals surface area (Å²) in [7, 11) is 0. The van der Waals surface area contributed by atoms with Crippen LogP contribution in [0.4, 0.5) is 5.69 Å². The first kappa shape index (κ1) is 13.5. The predicted octanol–water partition coefficient (Wildman–Crippen LogP) is 1.10. The molecule has 1 aromatic heterocycles. The average Bonchev–Trinajstić information content (AvgIpc) is 2.80. The van der Waals surface area contributed by atoms with Crippen LogP contribution in [0.1, 0.15) is 19.8 Å². The van der Waals surface area contributed by atoms with Crippen LogP contribution in [0.5, 0.6) is 0 Å². The van der Waals surface area contributed by atoms with Gasteiger partial charge in [-0.2, -0.15) is 0 Å². The Balaban J connectivity index is 2.07. The van der Waals surface area contributed by atoms with E-state index in [-0.39, 0.29) is 23.4 Å². The molecule has 19 heavy (non-hydrogen) atoms. The minimum absolute atomic E-state index is 0.0372. The van der Waals surface area contributed by atoms with Gasteiger partial charge in [0.05, 0.1) is 11.6 Å². The standard InChI is InChI=1S/C14H19N3O2/c1-2-7-17-9-12(5-6-13(17)18)16-14(19)10-3-4-11(15)8-10/h3-6,9-11H,2,7-8,15H2,1H3,(H,16,19). The highest BCUT2D eigenvalue weighted by molar-refractivity contribution is 5.93. The molecule has 0 aromatic carbocycles. The van der Waals surface area contributed by atoms with Crippen molar-refractivity contribution in [2.75, 3.05) is 5.32 Å². The van der Waals surface area contributed by atoms with E-state index in [1.165, 1.54) is 6.07 Å². The maximum Gasteiger partial charge on any atom is 0.250 e. The molecule has 1 heterocycles. The highest BCUT2D eigenvalue weighted by Gasteiger charge is 2.22. The molecule has 0 fully saturated rings. The molecule has 0 aliphatic heterocycles. The summed E-state index contributed by atoms with van der Waals surface area (Å²) in [4.78, 5) is 23.6. The molecule has 0 spiro atoms. The van der Waals surface area contributed by atoms with Gasteiger partial charge in [0.1, 0.15) is 0 Å². The van der Waals surface area contributed by atoms with Gasteiger partial charge >= 0.3 is 0 Å². The van der Waals surface area contributed by atoms with Crippen LogP contribution in [0.2, 0.25) is 0 Å². The molecule has 5 heteroatoms. The van der Waals surface area contributed by atoms with Gasteiger partial charge in [-0.25, -0.2) is 0 Å². The van der Waals surface area contributed by atoms with Gasteiger partial charge < -0.3 is 15.6 Å². The Morgan fingerprint density at radius 1 is 1.47 bits per heavy atom. The Bertz CT molecular complexity index is 548. The molecule has 1 aliphatic rings. The van der Waals surface area contributed by atoms with Gasteiger partial charge in [-0.05, 0) is 18.9 Å². The SMILES string of the molecule is CCCn1cc(NC(=O)C2C=CC(N)C2)ccc1=O. The minimum Gasteiger partial charge on any atom is -0.324 e. The summed E-state index contributed by atoms with van der Waals surface area (Å²) >= 11 is 0. The molecular formula is C14H19N3O2. The van der Waals surface area contributed by atoms with Crippen LogP contribution in [0.25, 0.3) is 0 Å². The molecular weight excluding hydrogens is 242 g/mol. The fourth-order valence-corrected chi connectivity index (χ4v) is 2.18. The van der Waals surface area contributed by atoms with Crippen molar-refractivity contribution in [1.82, 2.24) is 4.57 Å². The molecule has 1 amide bonds. The Morgan fingerprint density at radius 3 is 2.89 bits per heavy atom. The molecule has 3 N–H and O–H groups in total. The summed E-state index contributed by atoms with van der Waals surface area (Å²) in [6, 6.07) is 3.07. The van der Waals surface area contributed by atoms with Crippen LogP contribution in [0.15, 0.2) is 35.3 Å². The lowest BCUT2D eigenvalue weighted by Gasteiger charge is -2.12. The lowest BCUT2D eigenvalue weighted by Crippen LogP contribution is -2.25. The largest absolute Gasteiger partial charge is 0.324 e. The number of nitrogens with zero attached hydrogens (tertiary/aromatic N) is 1. The smallest absolute Gasteiger partial charge is 0.250 e. The lowest BCUT2D eigenvalue weighted by atomic mass is 10.1. The van der Waals surface area contributed by atoms with Crippen LogP contribution < -0.4 is 16.6 Å². The predicted molar refractivity (Wildman–Crippen MR) is 74.8 cm³/mol. The van der Waals surface area contributed by atoms with Gasteiger partial charge in [0.2, 0.25) is 5.91 Å². The molecule has 0 bridgehead atoms. The number of carbonyl (C=O) groups is 1. The summed E-state index contributed by atoms with van der Waals surface area (Å²) < 4.78 is 1.60. The monoisotopic (exact) mass is 261 g/mol. The zero-order valence-electron chi connectivity index (χ0n) is 11.0. The molecule has 1 aliphatic carbocycles. The van der Waals surface area contributed by atoms with E-state index in [9.17, 15) is 9.59 Å². The van der Waals surface area contributed by atoms with E-state index in [0.717, 1.165) is 6.42 Å². The number of anilines is 1. The Hall–Kier alpha value is -1.88. The van der Waals surface area contributed by atoms with E-state index in [2.05, 4.69) is 5.32 Å². The van der Waals surface area contributed by atoms with Gasteiger partial charge in [0.15, 0.2) is 0 Å². The zero-order valence-corrected chi connectivity index (χ0v) is 11.0. The van der Waals surface area contributed by atoms with Crippen molar-refractivity contribution in [2.45, 2.75) is 32.4 Å². The molecule has 0 saturated heterocycles. The number of aryl methyl sites for hydroxylation is 1. The number of hydrogen-bond acceptors (Lipinski definition) is 3. The molecule has 5 nitrogen and oxygen atoms in total. The number of amides is 1. The topological polar surface area (TPSA) is 77.1 Å². The van der Waals surface area contributed by atoms with Crippen LogP contribution in [-0.4, -0.2) is 16.5 Å². The second-order valence-corrected chi connectivity index (χ2v) is 4.83. The second-order valence-electron chi connectivity index (χ2n) is 4.83. The third kappa shape index (κ3) is 3.32. The number of nitrogens with one attached hydrogen (secondary N) is 1. The summed E-state index contributed by atoms with van der Waals surface area (Å²) in [6.07, 6.45) is 6.88. The van der Waals surface area contributed by atoms with Gasteiger partial charge in [0, 0.05) is 24.8 Å². The van der Waals surface area contributed by atoms with E-state index >= 15 is 0 Å². The molecule has 2 atom stereocenters. The second kappa shape index (κ2) is 5.84. The fraction of sp³-hybridized carbons (Fsp3) is 0.429. The van der Waals surface area contributed by atoms with Crippen LogP contribution in [-0.2, 0) is 11.3 Å². The highest BCUT2D eigenvalue weighted by Crippen LogP contribution is 2.18. The highest BCUT2D eigenvalue weighted by atomic mass is 16.2. The number of aromatic nitrogens is 1. The molecule has 0 saturated carbocycles. The summed E-state index contributed by atoms with van der Waals surface area (Å²) in [6.45, 7) is 2.65. The maximum absolute atomic E-state index is 12.0. The van der Waals surface area contributed by atoms with Crippen molar-refractivity contribution < 1.29 is 4.79 Å². The first-order valence-electron chi connectivity index (χ1n) is 6.55. The quantitative estimate of drug-likeness (QED) is 0.797. The lowest BCUT2D eigenvalue weighted by molar-refractivity contribution is -0.118. The van der Waals surface area contributed by atoms with E-state index in [4.69, 9.17) is 5.73 Å². The van der Waals surface area contributed by atoms with Gasteiger partial charge in [-0.15, -0.1) is 0 Å². The fourth-order valence-electron chi connectivity index (χ4n) is 2.18. The first-order valence-corrected chi connectivity index (χ1v) is 6.55. The number of carbonyl (C=O) groups excluding carboxylic acids is 1. The summed E-state index contributed by atoms with van der Waals surface area (Å²) in [5, 5.41) is 2.82. The minimum atomic E-state index is -0.179. The third-order valence-electron chi connectivity index (χ3n) is 3.17. The zero-order chi connectivity index (χ0) is 13.8. The molecule has 102 valence electrons. The van der Waals surface area contributed by atoms with Crippen LogP contribution in [0, 0.1) is 5.92 Å². The van der Waals surface area contributed by atoms with E-state index in [1.54, 1.807) is 16.8 Å². The Kier molecular flexibility index (Phi) is 4.16. The van der Waals surface area contributed by atoms with Crippen molar-refractivity contribution >= 4 is 11.6 Å². The summed E-state index contributed by atoms with van der Waals surface area (Å²) in [5.74, 6) is -0.257. The van der Waals surface area contributed by atoms with Crippen molar-refractivity contribution in [3.05, 3.63) is 40.8 Å². The number of nitrogens with two attached hydrogens (primary N) is 1. The summed E-state index contributed by atoms with van der Waals surface area (Å²) in [5.41, 5.74) is 6.32. The van der Waals surface area contributed by atoms with Crippen molar-refractivity contribution in [1.29, 1.82) is 0 Å². The van der Waals surface area contributed by atoms with Crippen molar-refractivity contribution in [2.24, 2.45) is 11.7 Å². The van der Waals surface area contributed by atoms with Gasteiger partial charge in [-0.3, -0.25) is 9.59 Å². The first-order chi connectivity index (χ1) is 9.10. The van der Waals surface area contributed by atoms with Crippen LogP contribution in [0.3, 0.4) is 0 Å². The average molecular weight is 261 g/mol. The molecule has 2 unspecified atom stereocenters. The van der Waals surface area contributed by atoms with E-state index in [1.807, 2.05) is 19.1 Å². The third-order valence-corrected chi connectivity index (χ3v) is 3.17. The van der Waals surface area contributed by atoms with E-state index in [0.29, 0.717) is 18.7 Å². The van der Waals surface area contributed by atoms with Crippen molar-refractivity contribution in [3.63, 3.8) is 0 Å². The van der Waals surface area contributed by atoms with Crippen LogP contribution >= 0.6 is 0 Å². The number of rotatable bonds is 4. The number of pyridine rings is 1. The van der Waals surface area contributed by atoms with E-state index < -0.39 is 0 Å². The molecule has 1 aromatic rings. The van der Waals surface area contributed by atoms with Crippen molar-refractivity contribution in [3.8, 4) is 0 Å². The molecule has 2 rings (SSSR count). The Morgan fingerprint density at radius 2 is 2.26 bits per heavy atom. The van der Waals surface area contributed by atoms with Gasteiger partial charge in [-0.1, -0.05) is 19.1 Å². The number of hydrogen-bond donors (Lipinski definition) is 2. The maximum atomic E-state index is 12.0. The molecule has 0 radical (unpaired) electrons. The normalized spacial score (nSPS) is 21.6.